The van der Waals surface area contributed by atoms with Crippen LogP contribution in [0.3, 0.4) is 0 Å². The molecule has 0 amide bonds. The molecule has 0 heterocycles. The summed E-state index contributed by atoms with van der Waals surface area (Å²) >= 11 is 4.13. The highest BCUT2D eigenvalue weighted by Gasteiger charge is 1.91. The molecule has 0 saturated heterocycles. The van der Waals surface area contributed by atoms with Gasteiger partial charge in [-0.1, -0.05) is 32.6 Å². The second kappa shape index (κ2) is 10.9. The summed E-state index contributed by atoms with van der Waals surface area (Å²) in [5, 5.41) is 7.28. The van der Waals surface area contributed by atoms with Crippen molar-refractivity contribution in [1.29, 1.82) is 5.41 Å². The first-order valence-corrected chi connectivity index (χ1v) is 5.23. The molecule has 84 valence electrons. The molecule has 1 rings (SSSR count). The zero-order valence-electron chi connectivity index (χ0n) is 9.62. The zero-order chi connectivity index (χ0) is 12.3. The molecule has 1 aromatic rings. The number of hydrogen-bond acceptors (Lipinski definition) is 3. The first-order chi connectivity index (χ1) is 7.11. The van der Waals surface area contributed by atoms with E-state index < -0.39 is 0 Å². The monoisotopic (exact) mass is 224 g/mol. The van der Waals surface area contributed by atoms with Gasteiger partial charge in [-0.25, -0.2) is 0 Å². The fraction of sp³-hybridized carbons (Fsp3) is 0.250. The molecule has 0 radical (unpaired) electrons. The standard InChI is InChI=1S/C8H9NS.C2H5N.C2H6/c1-6(9)7-2-4-8(10)5-3-7;1-2-3;1-2/h2-5,9-10H,1H3;2H,1,3H2;1-2H3. The Morgan fingerprint density at radius 2 is 1.67 bits per heavy atom. The minimum absolute atomic E-state index is 0.591. The zero-order valence-corrected chi connectivity index (χ0v) is 10.5. The molecule has 0 unspecified atom stereocenters. The molecule has 3 heteroatoms. The van der Waals surface area contributed by atoms with Crippen molar-refractivity contribution in [1.82, 2.24) is 0 Å². The predicted molar refractivity (Wildman–Crippen MR) is 71.9 cm³/mol. The van der Waals surface area contributed by atoms with Crippen LogP contribution in [0, 0.1) is 5.41 Å². The lowest BCUT2D eigenvalue weighted by molar-refractivity contribution is 1.41. The van der Waals surface area contributed by atoms with Crippen LogP contribution in [-0.4, -0.2) is 5.71 Å². The van der Waals surface area contributed by atoms with Gasteiger partial charge in [-0.15, -0.1) is 12.6 Å². The van der Waals surface area contributed by atoms with E-state index in [1.807, 2.05) is 38.1 Å². The van der Waals surface area contributed by atoms with Crippen LogP contribution in [0.15, 0.2) is 41.9 Å². The van der Waals surface area contributed by atoms with Crippen molar-refractivity contribution >= 4 is 18.3 Å². The molecule has 15 heavy (non-hydrogen) atoms. The summed E-state index contributed by atoms with van der Waals surface area (Å²) in [5.41, 5.74) is 6.16. The highest BCUT2D eigenvalue weighted by atomic mass is 32.1. The lowest BCUT2D eigenvalue weighted by Gasteiger charge is -1.96. The fourth-order valence-electron chi connectivity index (χ4n) is 0.711. The number of thiol groups is 1. The Morgan fingerprint density at radius 1 is 1.33 bits per heavy atom. The van der Waals surface area contributed by atoms with Crippen molar-refractivity contribution in [2.75, 3.05) is 0 Å². The summed E-state index contributed by atoms with van der Waals surface area (Å²) in [6.07, 6.45) is 1.25. The Balaban J connectivity index is 0. The van der Waals surface area contributed by atoms with Crippen LogP contribution < -0.4 is 5.73 Å². The van der Waals surface area contributed by atoms with Gasteiger partial charge in [-0.05, 0) is 30.8 Å². The Hall–Kier alpha value is -1.22. The van der Waals surface area contributed by atoms with E-state index in [1.54, 1.807) is 6.92 Å². The third kappa shape index (κ3) is 9.09. The lowest BCUT2D eigenvalue weighted by atomic mass is 10.1. The minimum Gasteiger partial charge on any atom is -0.405 e. The molecule has 3 N–H and O–H groups in total. The van der Waals surface area contributed by atoms with Gasteiger partial charge >= 0.3 is 0 Å². The second-order valence-electron chi connectivity index (χ2n) is 2.41. The summed E-state index contributed by atoms with van der Waals surface area (Å²) in [6, 6.07) is 7.56. The van der Waals surface area contributed by atoms with E-state index in [9.17, 15) is 0 Å². The van der Waals surface area contributed by atoms with Gasteiger partial charge in [-0.2, -0.15) is 0 Å². The molecule has 0 aliphatic carbocycles. The molecule has 0 fully saturated rings. The maximum Gasteiger partial charge on any atom is 0.0355 e. The van der Waals surface area contributed by atoms with Crippen molar-refractivity contribution in [2.24, 2.45) is 5.73 Å². The Morgan fingerprint density at radius 3 is 1.93 bits per heavy atom. The molecule has 1 aromatic carbocycles. The second-order valence-corrected chi connectivity index (χ2v) is 2.92. The molecule has 0 saturated carbocycles. The SMILES string of the molecule is C=CN.CC.CC(=N)c1ccc(S)cc1. The van der Waals surface area contributed by atoms with Crippen molar-refractivity contribution in [2.45, 2.75) is 25.7 Å². The van der Waals surface area contributed by atoms with Crippen molar-refractivity contribution in [3.63, 3.8) is 0 Å². The largest absolute Gasteiger partial charge is 0.405 e. The molecule has 0 aliphatic rings. The van der Waals surface area contributed by atoms with Gasteiger partial charge in [-0.3, -0.25) is 0 Å². The van der Waals surface area contributed by atoms with Crippen LogP contribution >= 0.6 is 12.6 Å². The summed E-state index contributed by atoms with van der Waals surface area (Å²) in [6.45, 7) is 8.91. The Bertz CT molecular complexity index is 278. The molecular formula is C12H20N2S. The Labute approximate surface area is 98.1 Å². The van der Waals surface area contributed by atoms with E-state index in [1.165, 1.54) is 6.20 Å². The van der Waals surface area contributed by atoms with E-state index in [0.717, 1.165) is 10.5 Å². The molecule has 0 aliphatic heterocycles. The number of benzene rings is 1. The highest BCUT2D eigenvalue weighted by molar-refractivity contribution is 7.80. The summed E-state index contributed by atoms with van der Waals surface area (Å²) in [7, 11) is 0. The number of nitrogens with two attached hydrogens (primary N) is 1. The summed E-state index contributed by atoms with van der Waals surface area (Å²) in [4.78, 5) is 0.935. The smallest absolute Gasteiger partial charge is 0.0355 e. The number of nitrogens with one attached hydrogen (secondary N) is 1. The molecule has 0 spiro atoms. The van der Waals surface area contributed by atoms with E-state index in [2.05, 4.69) is 24.9 Å². The first kappa shape index (κ1) is 16.2. The normalized spacial score (nSPS) is 7.47. The van der Waals surface area contributed by atoms with Gasteiger partial charge in [0.15, 0.2) is 0 Å². The molecule has 2 nitrogen and oxygen atoms in total. The van der Waals surface area contributed by atoms with Crippen LogP contribution in [0.25, 0.3) is 0 Å². The van der Waals surface area contributed by atoms with Crippen LogP contribution in [0.1, 0.15) is 26.3 Å². The van der Waals surface area contributed by atoms with E-state index in [-0.39, 0.29) is 0 Å². The average Bonchev–Trinajstić information content (AvgIpc) is 2.22. The molecule has 0 bridgehead atoms. The van der Waals surface area contributed by atoms with Crippen LogP contribution in [0.5, 0.6) is 0 Å². The first-order valence-electron chi connectivity index (χ1n) is 4.79. The fourth-order valence-corrected chi connectivity index (χ4v) is 0.861. The summed E-state index contributed by atoms with van der Waals surface area (Å²) in [5.74, 6) is 0. The van der Waals surface area contributed by atoms with Crippen LogP contribution in [0.2, 0.25) is 0 Å². The topological polar surface area (TPSA) is 49.9 Å². The van der Waals surface area contributed by atoms with E-state index in [4.69, 9.17) is 5.41 Å². The number of hydrogen-bond donors (Lipinski definition) is 3. The van der Waals surface area contributed by atoms with Crippen LogP contribution in [0.4, 0.5) is 0 Å². The minimum atomic E-state index is 0.591. The van der Waals surface area contributed by atoms with E-state index >= 15 is 0 Å². The third-order valence-corrected chi connectivity index (χ3v) is 1.60. The third-order valence-electron chi connectivity index (χ3n) is 1.30. The van der Waals surface area contributed by atoms with Crippen LogP contribution in [-0.2, 0) is 0 Å². The van der Waals surface area contributed by atoms with Gasteiger partial charge in [0.05, 0.1) is 0 Å². The molecule has 0 atom stereocenters. The summed E-state index contributed by atoms with van der Waals surface area (Å²) < 4.78 is 0. The quantitative estimate of drug-likeness (QED) is 0.496. The van der Waals surface area contributed by atoms with E-state index in [0.29, 0.717) is 5.71 Å². The predicted octanol–water partition coefficient (Wildman–Crippen LogP) is 3.48. The van der Waals surface area contributed by atoms with Crippen molar-refractivity contribution in [3.8, 4) is 0 Å². The van der Waals surface area contributed by atoms with Gasteiger partial charge in [0.2, 0.25) is 0 Å². The van der Waals surface area contributed by atoms with Crippen molar-refractivity contribution < 1.29 is 0 Å². The molecular weight excluding hydrogens is 204 g/mol. The van der Waals surface area contributed by atoms with Gasteiger partial charge in [0.25, 0.3) is 0 Å². The van der Waals surface area contributed by atoms with Gasteiger partial charge in [0.1, 0.15) is 0 Å². The number of rotatable bonds is 1. The Kier molecular flexibility index (Phi) is 11.7. The molecule has 0 aromatic heterocycles. The average molecular weight is 224 g/mol. The van der Waals surface area contributed by atoms with Gasteiger partial charge in [0, 0.05) is 10.6 Å². The highest BCUT2D eigenvalue weighted by Crippen LogP contribution is 2.07. The van der Waals surface area contributed by atoms with Crippen molar-refractivity contribution in [3.05, 3.63) is 42.6 Å². The maximum absolute atomic E-state index is 7.28. The maximum atomic E-state index is 7.28. The lowest BCUT2D eigenvalue weighted by Crippen LogP contribution is -1.89. The van der Waals surface area contributed by atoms with Gasteiger partial charge < -0.3 is 11.1 Å².